The van der Waals surface area contributed by atoms with Crippen LogP contribution in [0, 0.1) is 13.8 Å². The minimum absolute atomic E-state index is 0.110. The minimum atomic E-state index is -0.110. The molecule has 0 saturated carbocycles. The van der Waals surface area contributed by atoms with E-state index in [1.165, 1.54) is 11.3 Å². The Labute approximate surface area is 174 Å². The van der Waals surface area contributed by atoms with Crippen molar-refractivity contribution >= 4 is 5.96 Å². The van der Waals surface area contributed by atoms with Crippen molar-refractivity contribution in [1.82, 2.24) is 20.4 Å². The van der Waals surface area contributed by atoms with Gasteiger partial charge in [0.05, 0.1) is 19.9 Å². The minimum Gasteiger partial charge on any atom is -0.493 e. The summed E-state index contributed by atoms with van der Waals surface area (Å²) in [4.78, 5) is 4.34. The molecule has 29 heavy (non-hydrogen) atoms. The molecule has 2 rings (SSSR count). The average Bonchev–Trinajstić information content (AvgIpc) is 3.03. The summed E-state index contributed by atoms with van der Waals surface area (Å²) in [6.07, 6.45) is 0.974. The van der Waals surface area contributed by atoms with Crippen LogP contribution in [0.25, 0.3) is 0 Å². The summed E-state index contributed by atoms with van der Waals surface area (Å²) in [5.41, 5.74) is 3.32. The Hall–Kier alpha value is -2.70. The molecular weight excluding hydrogens is 366 g/mol. The van der Waals surface area contributed by atoms with Gasteiger partial charge in [0, 0.05) is 37.8 Å². The van der Waals surface area contributed by atoms with Crippen molar-refractivity contribution in [2.45, 2.75) is 46.1 Å². The number of guanidine groups is 1. The van der Waals surface area contributed by atoms with Crippen molar-refractivity contribution in [3.8, 4) is 11.5 Å². The molecule has 0 aliphatic rings. The Morgan fingerprint density at radius 3 is 2.41 bits per heavy atom. The van der Waals surface area contributed by atoms with Crippen LogP contribution in [0.2, 0.25) is 0 Å². The van der Waals surface area contributed by atoms with Crippen LogP contribution in [0.4, 0.5) is 0 Å². The molecule has 0 atom stereocenters. The zero-order valence-corrected chi connectivity index (χ0v) is 18.8. The van der Waals surface area contributed by atoms with E-state index < -0.39 is 0 Å². The lowest BCUT2D eigenvalue weighted by molar-refractivity contribution is 0.353. The highest BCUT2D eigenvalue weighted by molar-refractivity contribution is 5.79. The van der Waals surface area contributed by atoms with Crippen molar-refractivity contribution in [2.75, 3.05) is 34.4 Å². The number of aliphatic imine (C=N–C) groups is 1. The molecule has 7 heteroatoms. The van der Waals surface area contributed by atoms with E-state index in [1.54, 1.807) is 21.3 Å². The highest BCUT2D eigenvalue weighted by atomic mass is 16.5. The summed E-state index contributed by atoms with van der Waals surface area (Å²) in [7, 11) is 5.10. The fourth-order valence-electron chi connectivity index (χ4n) is 3.22. The molecule has 7 nitrogen and oxygen atoms in total. The fourth-order valence-corrected chi connectivity index (χ4v) is 3.22. The van der Waals surface area contributed by atoms with Crippen LogP contribution in [0.3, 0.4) is 0 Å². The number of aryl methyl sites for hydroxylation is 3. The second-order valence-corrected chi connectivity index (χ2v) is 7.81. The largest absolute Gasteiger partial charge is 0.493 e. The van der Waals surface area contributed by atoms with E-state index in [0.717, 1.165) is 49.2 Å². The Bertz CT molecular complexity index is 827. The first-order valence-corrected chi connectivity index (χ1v) is 9.99. The summed E-state index contributed by atoms with van der Waals surface area (Å²) in [5, 5.41) is 11.3. The maximum Gasteiger partial charge on any atom is 0.191 e. The zero-order chi connectivity index (χ0) is 21.4. The molecule has 0 fully saturated rings. The first-order valence-electron chi connectivity index (χ1n) is 9.99. The van der Waals surface area contributed by atoms with Crippen molar-refractivity contribution in [3.63, 3.8) is 0 Å². The molecule has 2 N–H and O–H groups in total. The van der Waals surface area contributed by atoms with E-state index in [1.807, 2.05) is 23.7 Å². The normalized spacial score (nSPS) is 12.0. The Morgan fingerprint density at radius 2 is 1.83 bits per heavy atom. The predicted molar refractivity (Wildman–Crippen MR) is 118 cm³/mol. The van der Waals surface area contributed by atoms with Crippen LogP contribution in [-0.2, 0) is 12.0 Å². The van der Waals surface area contributed by atoms with Crippen LogP contribution in [0.5, 0.6) is 11.5 Å². The molecular formula is C22H35N5O2. The van der Waals surface area contributed by atoms with Crippen molar-refractivity contribution < 1.29 is 9.47 Å². The molecule has 0 spiro atoms. The van der Waals surface area contributed by atoms with Crippen LogP contribution in [0.1, 0.15) is 37.2 Å². The van der Waals surface area contributed by atoms with Gasteiger partial charge in [-0.05, 0) is 44.0 Å². The van der Waals surface area contributed by atoms with Gasteiger partial charge in [0.2, 0.25) is 0 Å². The first-order chi connectivity index (χ1) is 13.8. The quantitative estimate of drug-likeness (QED) is 0.384. The van der Waals surface area contributed by atoms with Crippen molar-refractivity contribution in [1.29, 1.82) is 0 Å². The van der Waals surface area contributed by atoms with Crippen LogP contribution in [0.15, 0.2) is 29.3 Å². The third-order valence-corrected chi connectivity index (χ3v) is 5.03. The molecule has 1 heterocycles. The van der Waals surface area contributed by atoms with E-state index in [0.29, 0.717) is 0 Å². The molecule has 160 valence electrons. The van der Waals surface area contributed by atoms with Gasteiger partial charge in [-0.2, -0.15) is 5.10 Å². The maximum absolute atomic E-state index is 5.44. The second kappa shape index (κ2) is 10.2. The Balaban J connectivity index is 1.86. The molecule has 0 aliphatic carbocycles. The number of benzene rings is 1. The van der Waals surface area contributed by atoms with E-state index in [9.17, 15) is 0 Å². The summed E-state index contributed by atoms with van der Waals surface area (Å²) >= 11 is 0. The monoisotopic (exact) mass is 401 g/mol. The van der Waals surface area contributed by atoms with Gasteiger partial charge in [-0.25, -0.2) is 0 Å². The topological polar surface area (TPSA) is 72.7 Å². The molecule has 0 saturated heterocycles. The predicted octanol–water partition coefficient (Wildman–Crippen LogP) is 3.05. The number of ether oxygens (including phenoxy) is 2. The number of aromatic nitrogens is 2. The van der Waals surface area contributed by atoms with Crippen LogP contribution < -0.4 is 20.1 Å². The molecule has 0 amide bonds. The zero-order valence-electron chi connectivity index (χ0n) is 18.8. The Morgan fingerprint density at radius 1 is 1.10 bits per heavy atom. The van der Waals surface area contributed by atoms with Crippen LogP contribution in [-0.4, -0.2) is 50.1 Å². The first kappa shape index (κ1) is 22.6. The number of rotatable bonds is 9. The number of nitrogens with one attached hydrogen (secondary N) is 2. The van der Waals surface area contributed by atoms with Gasteiger partial charge < -0.3 is 20.1 Å². The maximum atomic E-state index is 5.44. The van der Waals surface area contributed by atoms with E-state index >= 15 is 0 Å². The van der Waals surface area contributed by atoms with Gasteiger partial charge in [0.25, 0.3) is 0 Å². The molecule has 0 radical (unpaired) electrons. The summed E-state index contributed by atoms with van der Waals surface area (Å²) < 4.78 is 12.8. The number of nitrogens with zero attached hydrogens (tertiary/aromatic N) is 3. The molecule has 2 aromatic rings. The number of methoxy groups -OCH3 is 2. The molecule has 1 aromatic carbocycles. The average molecular weight is 402 g/mol. The highest BCUT2D eigenvalue weighted by Gasteiger charge is 2.22. The second-order valence-electron chi connectivity index (χ2n) is 7.81. The van der Waals surface area contributed by atoms with Gasteiger partial charge in [-0.1, -0.05) is 19.9 Å². The fraction of sp³-hybridized carbons (Fsp3) is 0.545. The Kier molecular flexibility index (Phi) is 7.93. The standard InChI is InChI=1S/C22H35N5O2/c1-16-13-17(2)27(26-16)12-8-11-24-21(23-5)25-15-22(3,4)18-9-10-19(28-6)20(14-18)29-7/h9-10,13-14H,8,11-12,15H2,1-7H3,(H2,23,24,25). The lowest BCUT2D eigenvalue weighted by Gasteiger charge is -2.27. The van der Waals surface area contributed by atoms with E-state index in [2.05, 4.69) is 53.6 Å². The van der Waals surface area contributed by atoms with E-state index in [-0.39, 0.29) is 5.41 Å². The molecule has 0 unspecified atom stereocenters. The van der Waals surface area contributed by atoms with Crippen molar-refractivity contribution in [3.05, 3.63) is 41.2 Å². The highest BCUT2D eigenvalue weighted by Crippen LogP contribution is 2.32. The van der Waals surface area contributed by atoms with Gasteiger partial charge in [-0.3, -0.25) is 9.67 Å². The van der Waals surface area contributed by atoms with Crippen LogP contribution >= 0.6 is 0 Å². The number of hydrogen-bond donors (Lipinski definition) is 2. The molecule has 0 bridgehead atoms. The third kappa shape index (κ3) is 6.14. The van der Waals surface area contributed by atoms with Gasteiger partial charge in [0.15, 0.2) is 17.5 Å². The summed E-state index contributed by atoms with van der Waals surface area (Å²) in [6.45, 7) is 10.9. The number of hydrogen-bond acceptors (Lipinski definition) is 4. The smallest absolute Gasteiger partial charge is 0.191 e. The van der Waals surface area contributed by atoms with Gasteiger partial charge in [-0.15, -0.1) is 0 Å². The van der Waals surface area contributed by atoms with E-state index in [4.69, 9.17) is 9.47 Å². The lowest BCUT2D eigenvalue weighted by Crippen LogP contribution is -2.43. The lowest BCUT2D eigenvalue weighted by atomic mass is 9.84. The molecule has 1 aromatic heterocycles. The SMILES string of the molecule is CN=C(NCCCn1nc(C)cc1C)NCC(C)(C)c1ccc(OC)c(OC)c1. The summed E-state index contributed by atoms with van der Waals surface area (Å²) in [5.74, 6) is 2.27. The van der Waals surface area contributed by atoms with Gasteiger partial charge in [0.1, 0.15) is 0 Å². The third-order valence-electron chi connectivity index (χ3n) is 5.03. The summed E-state index contributed by atoms with van der Waals surface area (Å²) in [6, 6.07) is 8.16. The molecule has 0 aliphatic heterocycles. The van der Waals surface area contributed by atoms with Gasteiger partial charge >= 0.3 is 0 Å². The van der Waals surface area contributed by atoms with Crippen molar-refractivity contribution in [2.24, 2.45) is 4.99 Å².